The first-order valence-corrected chi connectivity index (χ1v) is 7.60. The number of benzene rings is 2. The first kappa shape index (κ1) is 13.8. The number of hydrogen-bond acceptors (Lipinski definition) is 3. The average molecular weight is 315 g/mol. The van der Waals surface area contributed by atoms with Crippen LogP contribution in [0.4, 0.5) is 5.69 Å². The fourth-order valence-electron chi connectivity index (χ4n) is 1.92. The molecule has 0 saturated carbocycles. The van der Waals surface area contributed by atoms with Gasteiger partial charge >= 0.3 is 0 Å². The zero-order chi connectivity index (χ0) is 14.7. The Kier molecular flexibility index (Phi) is 3.99. The van der Waals surface area contributed by atoms with Gasteiger partial charge in [-0.1, -0.05) is 35.9 Å². The van der Waals surface area contributed by atoms with E-state index in [0.29, 0.717) is 10.6 Å². The van der Waals surface area contributed by atoms with Gasteiger partial charge in [0.15, 0.2) is 0 Å². The summed E-state index contributed by atoms with van der Waals surface area (Å²) in [5, 5.41) is 5.25. The molecular formula is C16H11ClN2OS. The Morgan fingerprint density at radius 1 is 1.10 bits per heavy atom. The van der Waals surface area contributed by atoms with E-state index in [-0.39, 0.29) is 5.91 Å². The Bertz CT molecular complexity index is 754. The van der Waals surface area contributed by atoms with Gasteiger partial charge in [0.05, 0.1) is 21.8 Å². The van der Waals surface area contributed by atoms with Crippen molar-refractivity contribution in [3.05, 3.63) is 70.0 Å². The average Bonchev–Trinajstić information content (AvgIpc) is 3.02. The van der Waals surface area contributed by atoms with Crippen molar-refractivity contribution in [1.29, 1.82) is 0 Å². The minimum atomic E-state index is -0.220. The summed E-state index contributed by atoms with van der Waals surface area (Å²) >= 11 is 7.56. The number of hydrogen-bond donors (Lipinski definition) is 1. The van der Waals surface area contributed by atoms with Gasteiger partial charge in [-0.3, -0.25) is 4.79 Å². The highest BCUT2D eigenvalue weighted by Crippen LogP contribution is 2.22. The van der Waals surface area contributed by atoms with Crippen molar-refractivity contribution < 1.29 is 4.79 Å². The normalized spacial score (nSPS) is 10.3. The molecule has 0 aliphatic heterocycles. The van der Waals surface area contributed by atoms with Crippen LogP contribution in [0.5, 0.6) is 0 Å². The molecule has 0 bridgehead atoms. The van der Waals surface area contributed by atoms with Crippen LogP contribution in [0.25, 0.3) is 11.3 Å². The van der Waals surface area contributed by atoms with Crippen molar-refractivity contribution in [2.24, 2.45) is 0 Å². The van der Waals surface area contributed by atoms with Crippen molar-refractivity contribution >= 4 is 34.5 Å². The monoisotopic (exact) mass is 314 g/mol. The van der Waals surface area contributed by atoms with E-state index in [9.17, 15) is 4.79 Å². The molecule has 0 radical (unpaired) electrons. The van der Waals surface area contributed by atoms with Gasteiger partial charge in [0, 0.05) is 16.6 Å². The number of halogens is 1. The first-order valence-electron chi connectivity index (χ1n) is 6.28. The zero-order valence-electron chi connectivity index (χ0n) is 10.9. The molecule has 0 spiro atoms. The summed E-state index contributed by atoms with van der Waals surface area (Å²) < 4.78 is 0. The van der Waals surface area contributed by atoms with E-state index in [1.807, 2.05) is 29.6 Å². The van der Waals surface area contributed by atoms with Crippen molar-refractivity contribution in [3.8, 4) is 11.3 Å². The minimum Gasteiger partial charge on any atom is -0.322 e. The van der Waals surface area contributed by atoms with Crippen LogP contribution >= 0.6 is 22.9 Å². The molecule has 5 heteroatoms. The highest BCUT2D eigenvalue weighted by atomic mass is 35.5. The SMILES string of the molecule is O=C(Nc1ccc(-c2cscn2)cc1)c1ccccc1Cl. The van der Waals surface area contributed by atoms with Gasteiger partial charge < -0.3 is 5.32 Å². The molecule has 3 aromatic rings. The van der Waals surface area contributed by atoms with Crippen molar-refractivity contribution in [2.45, 2.75) is 0 Å². The minimum absolute atomic E-state index is 0.220. The molecule has 0 fully saturated rings. The lowest BCUT2D eigenvalue weighted by atomic mass is 10.1. The predicted molar refractivity (Wildman–Crippen MR) is 87.0 cm³/mol. The highest BCUT2D eigenvalue weighted by Gasteiger charge is 2.09. The Morgan fingerprint density at radius 3 is 2.52 bits per heavy atom. The summed E-state index contributed by atoms with van der Waals surface area (Å²) in [6, 6.07) is 14.5. The van der Waals surface area contributed by atoms with E-state index in [4.69, 9.17) is 11.6 Å². The number of aromatic nitrogens is 1. The third-order valence-corrected chi connectivity index (χ3v) is 3.91. The van der Waals surface area contributed by atoms with Crippen LogP contribution in [-0.4, -0.2) is 10.9 Å². The van der Waals surface area contributed by atoms with Gasteiger partial charge in [0.2, 0.25) is 0 Å². The summed E-state index contributed by atoms with van der Waals surface area (Å²) in [7, 11) is 0. The van der Waals surface area contributed by atoms with Crippen LogP contribution in [0.15, 0.2) is 59.4 Å². The van der Waals surface area contributed by atoms with Crippen LogP contribution in [0.3, 0.4) is 0 Å². The topological polar surface area (TPSA) is 42.0 Å². The van der Waals surface area contributed by atoms with E-state index in [0.717, 1.165) is 16.9 Å². The van der Waals surface area contributed by atoms with E-state index in [2.05, 4.69) is 10.3 Å². The molecule has 0 unspecified atom stereocenters. The van der Waals surface area contributed by atoms with Crippen LogP contribution in [0.2, 0.25) is 5.02 Å². The molecule has 2 aromatic carbocycles. The molecule has 21 heavy (non-hydrogen) atoms. The second-order valence-corrected chi connectivity index (χ2v) is 5.51. The van der Waals surface area contributed by atoms with Gasteiger partial charge in [-0.05, 0) is 24.3 Å². The van der Waals surface area contributed by atoms with E-state index < -0.39 is 0 Å². The zero-order valence-corrected chi connectivity index (χ0v) is 12.5. The van der Waals surface area contributed by atoms with E-state index >= 15 is 0 Å². The van der Waals surface area contributed by atoms with Gasteiger partial charge in [-0.15, -0.1) is 11.3 Å². The number of rotatable bonds is 3. The van der Waals surface area contributed by atoms with Crippen molar-refractivity contribution in [3.63, 3.8) is 0 Å². The molecule has 0 saturated heterocycles. The largest absolute Gasteiger partial charge is 0.322 e. The molecule has 1 heterocycles. The third kappa shape index (κ3) is 3.12. The van der Waals surface area contributed by atoms with Gasteiger partial charge in [-0.2, -0.15) is 0 Å². The molecule has 1 amide bonds. The predicted octanol–water partition coefficient (Wildman–Crippen LogP) is 4.72. The number of carbonyl (C=O) groups is 1. The fourth-order valence-corrected chi connectivity index (χ4v) is 2.71. The maximum absolute atomic E-state index is 12.1. The summed E-state index contributed by atoms with van der Waals surface area (Å²) in [5.41, 5.74) is 4.93. The number of anilines is 1. The van der Waals surface area contributed by atoms with Gasteiger partial charge in [0.1, 0.15) is 0 Å². The maximum Gasteiger partial charge on any atom is 0.257 e. The van der Waals surface area contributed by atoms with Crippen LogP contribution in [-0.2, 0) is 0 Å². The van der Waals surface area contributed by atoms with Crippen LogP contribution < -0.4 is 5.32 Å². The smallest absolute Gasteiger partial charge is 0.257 e. The number of amides is 1. The van der Waals surface area contributed by atoms with Crippen molar-refractivity contribution in [2.75, 3.05) is 5.32 Å². The molecule has 0 atom stereocenters. The van der Waals surface area contributed by atoms with E-state index in [1.165, 1.54) is 0 Å². The molecular weight excluding hydrogens is 304 g/mol. The molecule has 1 aromatic heterocycles. The number of carbonyl (C=O) groups excluding carboxylic acids is 1. The van der Waals surface area contributed by atoms with Gasteiger partial charge in [0.25, 0.3) is 5.91 Å². The first-order chi connectivity index (χ1) is 10.2. The number of thiazole rings is 1. The van der Waals surface area contributed by atoms with Crippen molar-refractivity contribution in [1.82, 2.24) is 4.98 Å². The molecule has 104 valence electrons. The Balaban J connectivity index is 1.77. The summed E-state index contributed by atoms with van der Waals surface area (Å²) in [6.45, 7) is 0. The summed E-state index contributed by atoms with van der Waals surface area (Å²) in [4.78, 5) is 16.4. The van der Waals surface area contributed by atoms with Gasteiger partial charge in [-0.25, -0.2) is 4.98 Å². The second-order valence-electron chi connectivity index (χ2n) is 4.39. The lowest BCUT2D eigenvalue weighted by Gasteiger charge is -2.07. The van der Waals surface area contributed by atoms with Crippen LogP contribution in [0, 0.1) is 0 Å². The maximum atomic E-state index is 12.1. The standard InChI is InChI=1S/C16H11ClN2OS/c17-14-4-2-1-3-13(14)16(20)19-12-7-5-11(6-8-12)15-9-21-10-18-15/h1-10H,(H,19,20). The molecule has 3 nitrogen and oxygen atoms in total. The third-order valence-electron chi connectivity index (χ3n) is 2.99. The lowest BCUT2D eigenvalue weighted by molar-refractivity contribution is 0.102. The Hall–Kier alpha value is -2.17. The number of nitrogens with zero attached hydrogens (tertiary/aromatic N) is 1. The highest BCUT2D eigenvalue weighted by molar-refractivity contribution is 7.07. The summed E-state index contributed by atoms with van der Waals surface area (Å²) in [5.74, 6) is -0.220. The molecule has 1 N–H and O–H groups in total. The lowest BCUT2D eigenvalue weighted by Crippen LogP contribution is -2.12. The summed E-state index contributed by atoms with van der Waals surface area (Å²) in [6.07, 6.45) is 0. The molecule has 0 aliphatic carbocycles. The second kappa shape index (κ2) is 6.08. The number of nitrogens with one attached hydrogen (secondary N) is 1. The molecule has 3 rings (SSSR count). The Morgan fingerprint density at radius 2 is 1.86 bits per heavy atom. The quantitative estimate of drug-likeness (QED) is 0.760. The molecule has 0 aliphatic rings. The fraction of sp³-hybridized carbons (Fsp3) is 0. The van der Waals surface area contributed by atoms with Crippen LogP contribution in [0.1, 0.15) is 10.4 Å². The Labute approximate surface area is 131 Å². The van der Waals surface area contributed by atoms with E-state index in [1.54, 1.807) is 41.1 Å².